The number of rotatable bonds is 9. The van der Waals surface area contributed by atoms with Crippen LogP contribution in [0.2, 0.25) is 10.0 Å². The summed E-state index contributed by atoms with van der Waals surface area (Å²) in [6, 6.07) is 31.6. The second kappa shape index (κ2) is 15.2. The van der Waals surface area contributed by atoms with Crippen LogP contribution in [0.1, 0.15) is 64.8 Å². The molecule has 9 heteroatoms. The van der Waals surface area contributed by atoms with E-state index in [-0.39, 0.29) is 17.9 Å². The van der Waals surface area contributed by atoms with Gasteiger partial charge in [-0.1, -0.05) is 83.4 Å². The highest BCUT2D eigenvalue weighted by Gasteiger charge is 2.36. The molecule has 2 aromatic heterocycles. The third kappa shape index (κ3) is 7.64. The average Bonchev–Trinajstić information content (AvgIpc) is 3.13. The van der Waals surface area contributed by atoms with Crippen LogP contribution < -0.4 is 4.74 Å². The Morgan fingerprint density at radius 3 is 2.08 bits per heavy atom. The normalized spacial score (nSPS) is 15.9. The third-order valence-electron chi connectivity index (χ3n) is 8.91. The van der Waals surface area contributed by atoms with Gasteiger partial charge in [0.25, 0.3) is 11.8 Å². The number of piperidine rings is 1. The minimum atomic E-state index is -0.449. The molecule has 2 amide bonds. The molecule has 0 N–H and O–H groups in total. The molecule has 1 aliphatic heterocycles. The van der Waals surface area contributed by atoms with E-state index in [0.717, 1.165) is 22.4 Å². The second-order valence-electron chi connectivity index (χ2n) is 12.1. The molecule has 2 atom stereocenters. The van der Waals surface area contributed by atoms with Crippen molar-refractivity contribution >= 4 is 35.0 Å². The Morgan fingerprint density at radius 2 is 1.43 bits per heavy atom. The van der Waals surface area contributed by atoms with Gasteiger partial charge in [-0.3, -0.25) is 9.59 Å². The number of benzene rings is 3. The monoisotopic (exact) mass is 692 g/mol. The Kier molecular flexibility index (Phi) is 10.6. The second-order valence-corrected chi connectivity index (χ2v) is 12.9. The number of carbonyl (C=O) groups excluding carboxylic acids is 2. The predicted molar refractivity (Wildman–Crippen MR) is 195 cm³/mol. The third-order valence-corrected chi connectivity index (χ3v) is 9.57. The maximum Gasteiger partial charge on any atom is 0.272 e. The predicted octanol–water partition coefficient (Wildman–Crippen LogP) is 9.33. The van der Waals surface area contributed by atoms with Crippen molar-refractivity contribution < 1.29 is 14.3 Å². The van der Waals surface area contributed by atoms with Crippen LogP contribution >= 0.6 is 23.2 Å². The first-order chi connectivity index (χ1) is 23.7. The number of hydrogen-bond donors (Lipinski definition) is 0. The summed E-state index contributed by atoms with van der Waals surface area (Å²) in [5, 5.41) is 1.08. The fraction of sp³-hybridized carbons (Fsp3) is 0.250. The summed E-state index contributed by atoms with van der Waals surface area (Å²) in [6.45, 7) is 7.42. The average molecular weight is 694 g/mol. The number of nitrogens with zero attached hydrogens (tertiary/aromatic N) is 4. The molecule has 0 spiro atoms. The van der Waals surface area contributed by atoms with Gasteiger partial charge in [0.2, 0.25) is 0 Å². The van der Waals surface area contributed by atoms with Crippen LogP contribution in [-0.2, 0) is 0 Å². The Labute approximate surface area is 297 Å². The first-order valence-electron chi connectivity index (χ1n) is 16.6. The molecular formula is C40H38Cl2N4O3. The van der Waals surface area contributed by atoms with Gasteiger partial charge in [-0.15, -0.1) is 0 Å². The highest BCUT2D eigenvalue weighted by atomic mass is 35.5. The summed E-state index contributed by atoms with van der Waals surface area (Å²) in [5.74, 6) is 0.364. The highest BCUT2D eigenvalue weighted by molar-refractivity contribution is 6.33. The summed E-state index contributed by atoms with van der Waals surface area (Å²) in [4.78, 5) is 41.4. The minimum absolute atomic E-state index is 0.182. The van der Waals surface area contributed by atoms with Gasteiger partial charge in [0, 0.05) is 53.6 Å². The number of hydrogen-bond acceptors (Lipinski definition) is 5. The van der Waals surface area contributed by atoms with Crippen molar-refractivity contribution in [3.63, 3.8) is 0 Å². The Hall–Kier alpha value is -4.72. The van der Waals surface area contributed by atoms with E-state index >= 15 is 0 Å². The molecule has 1 aliphatic rings. The summed E-state index contributed by atoms with van der Waals surface area (Å²) in [5.41, 5.74) is 5.14. The fourth-order valence-corrected chi connectivity index (χ4v) is 6.73. The summed E-state index contributed by atoms with van der Waals surface area (Å²) in [6.07, 6.45) is 0.931. The molecule has 5 aromatic rings. The number of halogens is 2. The van der Waals surface area contributed by atoms with Gasteiger partial charge in [0.1, 0.15) is 23.2 Å². The maximum absolute atomic E-state index is 14.5. The zero-order chi connectivity index (χ0) is 34.5. The topological polar surface area (TPSA) is 75.6 Å². The lowest BCUT2D eigenvalue weighted by atomic mass is 9.91. The molecule has 3 heterocycles. The number of aryl methyl sites for hydroxylation is 1. The Morgan fingerprint density at radius 1 is 0.796 bits per heavy atom. The molecular weight excluding hydrogens is 655 g/mol. The number of aromatic nitrogens is 2. The molecule has 6 rings (SSSR count). The van der Waals surface area contributed by atoms with Crippen LogP contribution in [0.15, 0.2) is 103 Å². The molecule has 1 saturated heterocycles. The van der Waals surface area contributed by atoms with Crippen molar-refractivity contribution in [1.82, 2.24) is 19.8 Å². The zero-order valence-corrected chi connectivity index (χ0v) is 29.3. The molecule has 2 unspecified atom stereocenters. The van der Waals surface area contributed by atoms with Crippen LogP contribution in [0.5, 0.6) is 5.75 Å². The van der Waals surface area contributed by atoms with Crippen molar-refractivity contribution in [2.45, 2.75) is 45.8 Å². The Balaban J connectivity index is 1.44. The van der Waals surface area contributed by atoms with E-state index in [4.69, 9.17) is 37.9 Å². The molecule has 3 aromatic carbocycles. The Bertz CT molecular complexity index is 1960. The number of amides is 2. The molecule has 0 aliphatic carbocycles. The van der Waals surface area contributed by atoms with E-state index in [9.17, 15) is 9.59 Å². The number of carbonyl (C=O) groups is 2. The van der Waals surface area contributed by atoms with Gasteiger partial charge in [-0.25, -0.2) is 9.97 Å². The summed E-state index contributed by atoms with van der Waals surface area (Å²) in [7, 11) is 0. The number of likely N-dealkylation sites (tertiary alicyclic amines) is 1. The molecule has 49 heavy (non-hydrogen) atoms. The lowest BCUT2D eigenvalue weighted by Crippen LogP contribution is -2.44. The zero-order valence-electron chi connectivity index (χ0n) is 27.8. The maximum atomic E-state index is 14.5. The molecule has 0 saturated carbocycles. The van der Waals surface area contributed by atoms with Crippen LogP contribution in [0.25, 0.3) is 22.5 Å². The lowest BCUT2D eigenvalue weighted by molar-refractivity contribution is 0.0383. The van der Waals surface area contributed by atoms with Crippen LogP contribution in [-0.4, -0.2) is 57.3 Å². The fourth-order valence-electron chi connectivity index (χ4n) is 6.26. The van der Waals surface area contributed by atoms with Gasteiger partial charge in [-0.2, -0.15) is 0 Å². The van der Waals surface area contributed by atoms with E-state index in [1.807, 2.05) is 111 Å². The molecule has 0 radical (unpaired) electrons. The summed E-state index contributed by atoms with van der Waals surface area (Å²) >= 11 is 13.2. The molecule has 1 fully saturated rings. The number of pyridine rings is 2. The molecule has 0 bridgehead atoms. The van der Waals surface area contributed by atoms with Crippen LogP contribution in [0.4, 0.5) is 0 Å². The smallest absolute Gasteiger partial charge is 0.272 e. The minimum Gasteiger partial charge on any atom is -0.490 e. The van der Waals surface area contributed by atoms with E-state index in [2.05, 4.69) is 0 Å². The van der Waals surface area contributed by atoms with Crippen molar-refractivity contribution in [3.8, 4) is 28.3 Å². The van der Waals surface area contributed by atoms with Gasteiger partial charge < -0.3 is 14.5 Å². The van der Waals surface area contributed by atoms with E-state index < -0.39 is 6.04 Å². The largest absolute Gasteiger partial charge is 0.490 e. The first-order valence-corrected chi connectivity index (χ1v) is 17.3. The van der Waals surface area contributed by atoms with E-state index in [1.54, 1.807) is 23.1 Å². The molecule has 250 valence electrons. The van der Waals surface area contributed by atoms with Gasteiger partial charge in [-0.05, 0) is 74.9 Å². The van der Waals surface area contributed by atoms with Crippen molar-refractivity contribution in [2.75, 3.05) is 19.6 Å². The van der Waals surface area contributed by atoms with E-state index in [0.29, 0.717) is 70.9 Å². The van der Waals surface area contributed by atoms with Crippen molar-refractivity contribution in [3.05, 3.63) is 136 Å². The highest BCUT2D eigenvalue weighted by Crippen LogP contribution is 2.37. The van der Waals surface area contributed by atoms with Gasteiger partial charge >= 0.3 is 0 Å². The van der Waals surface area contributed by atoms with E-state index in [1.165, 1.54) is 0 Å². The van der Waals surface area contributed by atoms with Gasteiger partial charge in [0.15, 0.2) is 0 Å². The summed E-state index contributed by atoms with van der Waals surface area (Å²) < 4.78 is 6.49. The van der Waals surface area contributed by atoms with Crippen molar-refractivity contribution in [2.24, 2.45) is 0 Å². The molecule has 7 nitrogen and oxygen atoms in total. The van der Waals surface area contributed by atoms with Crippen LogP contribution in [0, 0.1) is 6.92 Å². The SMILES string of the molecule is CCN(CC)C(=O)c1cc(C2CC(Oc3ccc(C)cc3)CCN2C(=O)c2cccc(-c3ccccc3Cl)n2)cc(-c2ccccc2Cl)n1. The number of ether oxygens (including phenoxy) is 1. The lowest BCUT2D eigenvalue weighted by Gasteiger charge is -2.40. The quantitative estimate of drug-likeness (QED) is 0.154. The van der Waals surface area contributed by atoms with Crippen molar-refractivity contribution in [1.29, 1.82) is 0 Å². The standard InChI is InChI=1S/C40H38Cl2N4O3/c1-4-45(5-2)39(47)37-24-27(23-36(44-37)31-12-7-9-14-33(31)42)38-25-29(49-28-19-17-26(3)18-20-28)21-22-46(38)40(48)35-16-10-15-34(43-35)30-11-6-8-13-32(30)41/h6-20,23-24,29,38H,4-5,21-22,25H2,1-3H3. The van der Waals surface area contributed by atoms with Gasteiger partial charge in [0.05, 0.1) is 17.4 Å². The first kappa shape index (κ1) is 34.2. The van der Waals surface area contributed by atoms with Crippen LogP contribution in [0.3, 0.4) is 0 Å².